The van der Waals surface area contributed by atoms with E-state index in [1.807, 2.05) is 20.8 Å². The van der Waals surface area contributed by atoms with Crippen LogP contribution in [0.5, 0.6) is 0 Å². The second kappa shape index (κ2) is 3.46. The van der Waals surface area contributed by atoms with E-state index >= 15 is 0 Å². The fourth-order valence-corrected chi connectivity index (χ4v) is 2.25. The number of hydrogen-bond donors (Lipinski definition) is 0. The number of carbonyl (C=O) groups excluding carboxylic acids is 1. The number of hydrogen-bond acceptors (Lipinski definition) is 1. The summed E-state index contributed by atoms with van der Waals surface area (Å²) in [6.45, 7) is 12.1. The molecule has 0 aliphatic carbocycles. The maximum Gasteiger partial charge on any atom is 0.257 e. The van der Waals surface area contributed by atoms with E-state index in [0.29, 0.717) is 6.42 Å². The Morgan fingerprint density at radius 3 is 1.93 bits per heavy atom. The molecule has 0 spiro atoms. The van der Waals surface area contributed by atoms with Gasteiger partial charge >= 0.3 is 0 Å². The predicted octanol–water partition coefficient (Wildman–Crippen LogP) is 2.77. The van der Waals surface area contributed by atoms with E-state index in [4.69, 9.17) is 0 Å². The third kappa shape index (κ3) is 2.32. The molecule has 0 radical (unpaired) electrons. The van der Waals surface area contributed by atoms with Gasteiger partial charge in [-0.15, -0.1) is 0 Å². The van der Waals surface area contributed by atoms with Crippen LogP contribution in [0.25, 0.3) is 0 Å². The van der Waals surface area contributed by atoms with Crippen molar-refractivity contribution in [2.24, 2.45) is 5.41 Å². The Kier molecular flexibility index (Phi) is 2.88. The van der Waals surface area contributed by atoms with Gasteiger partial charge in [0.15, 0.2) is 6.17 Å². The van der Waals surface area contributed by atoms with Gasteiger partial charge in [-0.05, 0) is 26.2 Å². The van der Waals surface area contributed by atoms with Crippen LogP contribution in [0, 0.1) is 5.41 Å². The van der Waals surface area contributed by atoms with Crippen molar-refractivity contribution in [3.8, 4) is 0 Å². The molecule has 0 saturated carbocycles. The van der Waals surface area contributed by atoms with Crippen molar-refractivity contribution in [3.63, 3.8) is 0 Å². The third-order valence-electron chi connectivity index (χ3n) is 2.97. The van der Waals surface area contributed by atoms with Gasteiger partial charge < -0.3 is 4.90 Å². The largest absolute Gasteiger partial charge is 0.332 e. The van der Waals surface area contributed by atoms with Crippen molar-refractivity contribution >= 4 is 5.91 Å². The standard InChI is InChI=1S/C12H22FNO/c1-11(2,3)9-7-8(13)10(15)14(9)12(4,5)6/h8-9H,7H2,1-6H3. The first-order chi connectivity index (χ1) is 6.55. The highest BCUT2D eigenvalue weighted by Crippen LogP contribution is 2.38. The van der Waals surface area contributed by atoms with Crippen LogP contribution >= 0.6 is 0 Å². The maximum atomic E-state index is 13.5. The zero-order valence-electron chi connectivity index (χ0n) is 10.6. The molecule has 1 heterocycles. The fourth-order valence-electron chi connectivity index (χ4n) is 2.25. The fraction of sp³-hybridized carbons (Fsp3) is 0.917. The van der Waals surface area contributed by atoms with E-state index in [9.17, 15) is 9.18 Å². The molecule has 0 bridgehead atoms. The van der Waals surface area contributed by atoms with Crippen molar-refractivity contribution in [1.82, 2.24) is 4.90 Å². The average Bonchev–Trinajstić information content (AvgIpc) is 2.25. The molecule has 0 aromatic rings. The van der Waals surface area contributed by atoms with Gasteiger partial charge in [0.05, 0.1) is 0 Å². The molecular weight excluding hydrogens is 193 g/mol. The molecule has 0 aromatic carbocycles. The Hall–Kier alpha value is -0.600. The number of alkyl halides is 1. The van der Waals surface area contributed by atoms with Crippen LogP contribution in [0.4, 0.5) is 4.39 Å². The van der Waals surface area contributed by atoms with E-state index in [-0.39, 0.29) is 22.9 Å². The summed E-state index contributed by atoms with van der Waals surface area (Å²) >= 11 is 0. The summed E-state index contributed by atoms with van der Waals surface area (Å²) in [4.78, 5) is 13.5. The average molecular weight is 215 g/mol. The minimum Gasteiger partial charge on any atom is -0.332 e. The Balaban J connectivity index is 3.04. The molecular formula is C12H22FNO. The van der Waals surface area contributed by atoms with Crippen molar-refractivity contribution in [3.05, 3.63) is 0 Å². The molecule has 2 unspecified atom stereocenters. The SMILES string of the molecule is CC(C)(C)C1CC(F)C(=O)N1C(C)(C)C. The number of rotatable bonds is 0. The van der Waals surface area contributed by atoms with Crippen LogP contribution in [-0.2, 0) is 4.79 Å². The summed E-state index contributed by atoms with van der Waals surface area (Å²) in [5, 5.41) is 0. The molecule has 1 amide bonds. The van der Waals surface area contributed by atoms with Crippen LogP contribution in [0.15, 0.2) is 0 Å². The zero-order valence-corrected chi connectivity index (χ0v) is 10.6. The monoisotopic (exact) mass is 215 g/mol. The smallest absolute Gasteiger partial charge is 0.257 e. The number of likely N-dealkylation sites (tertiary alicyclic amines) is 1. The second-order valence-corrected chi connectivity index (χ2v) is 6.46. The minimum atomic E-state index is -1.31. The summed E-state index contributed by atoms with van der Waals surface area (Å²) in [7, 11) is 0. The number of halogens is 1. The maximum absolute atomic E-state index is 13.5. The van der Waals surface area contributed by atoms with Gasteiger partial charge in [0.25, 0.3) is 5.91 Å². The molecule has 2 atom stereocenters. The van der Waals surface area contributed by atoms with Crippen molar-refractivity contribution in [2.45, 2.75) is 65.7 Å². The molecule has 1 fully saturated rings. The highest BCUT2D eigenvalue weighted by Gasteiger charge is 2.48. The summed E-state index contributed by atoms with van der Waals surface area (Å²) in [6, 6.07) is -0.000000000000000444. The van der Waals surface area contributed by atoms with E-state index in [1.54, 1.807) is 4.90 Å². The van der Waals surface area contributed by atoms with Crippen LogP contribution in [0.3, 0.4) is 0 Å². The van der Waals surface area contributed by atoms with Crippen LogP contribution < -0.4 is 0 Å². The van der Waals surface area contributed by atoms with Crippen molar-refractivity contribution in [1.29, 1.82) is 0 Å². The van der Waals surface area contributed by atoms with Gasteiger partial charge in [-0.25, -0.2) is 4.39 Å². The molecule has 15 heavy (non-hydrogen) atoms. The van der Waals surface area contributed by atoms with E-state index in [0.717, 1.165) is 0 Å². The Labute approximate surface area is 91.8 Å². The normalized spacial score (nSPS) is 28.7. The van der Waals surface area contributed by atoms with E-state index in [1.165, 1.54) is 0 Å². The van der Waals surface area contributed by atoms with Gasteiger partial charge in [-0.2, -0.15) is 0 Å². The van der Waals surface area contributed by atoms with Gasteiger partial charge in [0, 0.05) is 18.0 Å². The number of carbonyl (C=O) groups is 1. The molecule has 0 aromatic heterocycles. The van der Waals surface area contributed by atoms with Gasteiger partial charge in [0.2, 0.25) is 0 Å². The quantitative estimate of drug-likeness (QED) is 0.608. The molecule has 1 aliphatic heterocycles. The van der Waals surface area contributed by atoms with Crippen LogP contribution in [-0.4, -0.2) is 28.6 Å². The lowest BCUT2D eigenvalue weighted by atomic mass is 9.83. The predicted molar refractivity (Wildman–Crippen MR) is 59.4 cm³/mol. The Morgan fingerprint density at radius 1 is 1.20 bits per heavy atom. The minimum absolute atomic E-state index is 0.000000000000000444. The van der Waals surface area contributed by atoms with Gasteiger partial charge in [-0.1, -0.05) is 20.8 Å². The summed E-state index contributed by atoms with van der Waals surface area (Å²) in [5.41, 5.74) is -0.361. The third-order valence-corrected chi connectivity index (χ3v) is 2.97. The zero-order chi connectivity index (χ0) is 12.0. The van der Waals surface area contributed by atoms with E-state index < -0.39 is 6.17 Å². The molecule has 3 heteroatoms. The Morgan fingerprint density at radius 2 is 1.67 bits per heavy atom. The first kappa shape index (κ1) is 12.5. The van der Waals surface area contributed by atoms with Gasteiger partial charge in [0.1, 0.15) is 0 Å². The van der Waals surface area contributed by atoms with Crippen LogP contribution in [0.2, 0.25) is 0 Å². The topological polar surface area (TPSA) is 20.3 Å². The Bertz CT molecular complexity index is 262. The summed E-state index contributed by atoms with van der Waals surface area (Å²) in [6.07, 6.45) is -0.979. The lowest BCUT2D eigenvalue weighted by molar-refractivity contribution is -0.139. The van der Waals surface area contributed by atoms with Crippen LogP contribution in [0.1, 0.15) is 48.0 Å². The molecule has 1 aliphatic rings. The highest BCUT2D eigenvalue weighted by atomic mass is 19.1. The number of nitrogens with zero attached hydrogens (tertiary/aromatic N) is 1. The number of amides is 1. The van der Waals surface area contributed by atoms with Crippen molar-refractivity contribution in [2.75, 3.05) is 0 Å². The van der Waals surface area contributed by atoms with Gasteiger partial charge in [-0.3, -0.25) is 4.79 Å². The first-order valence-electron chi connectivity index (χ1n) is 5.52. The molecule has 0 N–H and O–H groups in total. The van der Waals surface area contributed by atoms with Crippen molar-refractivity contribution < 1.29 is 9.18 Å². The molecule has 1 saturated heterocycles. The highest BCUT2D eigenvalue weighted by molar-refractivity contribution is 5.84. The summed E-state index contributed by atoms with van der Waals surface area (Å²) < 4.78 is 13.5. The summed E-state index contributed by atoms with van der Waals surface area (Å²) in [5.74, 6) is -0.345. The molecule has 1 rings (SSSR count). The lowest BCUT2D eigenvalue weighted by Gasteiger charge is -2.42. The molecule has 88 valence electrons. The molecule has 2 nitrogen and oxygen atoms in total. The van der Waals surface area contributed by atoms with E-state index in [2.05, 4.69) is 20.8 Å². The first-order valence-corrected chi connectivity index (χ1v) is 5.52. The lowest BCUT2D eigenvalue weighted by Crippen LogP contribution is -2.51. The second-order valence-electron chi connectivity index (χ2n) is 6.46.